The molecule has 0 aliphatic carbocycles. The number of phosphoric ester groups is 1. The number of phosphoric acid groups is 1. The van der Waals surface area contributed by atoms with E-state index in [1.54, 1.807) is 0 Å². The summed E-state index contributed by atoms with van der Waals surface area (Å²) in [5, 5.41) is 9.86. The summed E-state index contributed by atoms with van der Waals surface area (Å²) in [4.78, 5) is 47.8. The Morgan fingerprint density at radius 1 is 1.54 bits per heavy atom. The zero-order valence-corrected chi connectivity index (χ0v) is 14.4. The van der Waals surface area contributed by atoms with Gasteiger partial charge in [0.15, 0.2) is 0 Å². The summed E-state index contributed by atoms with van der Waals surface area (Å²) < 4.78 is 25.6. The van der Waals surface area contributed by atoms with Crippen molar-refractivity contribution in [3.8, 4) is 0 Å². The number of nitrogens with two attached hydrogens (primary N) is 1. The van der Waals surface area contributed by atoms with Crippen molar-refractivity contribution >= 4 is 32.2 Å². The van der Waals surface area contributed by atoms with E-state index < -0.39 is 45.3 Å². The predicted octanol–water partition coefficient (Wildman–Crippen LogP) is -3.08. The van der Waals surface area contributed by atoms with Crippen LogP contribution in [0.15, 0.2) is 17.1 Å². The van der Waals surface area contributed by atoms with E-state index in [0.29, 0.717) is 0 Å². The van der Waals surface area contributed by atoms with Crippen molar-refractivity contribution in [2.45, 2.75) is 24.9 Å². The minimum atomic E-state index is -5.22. The first-order valence-electron chi connectivity index (χ1n) is 6.34. The third kappa shape index (κ3) is 5.39. The van der Waals surface area contributed by atoms with Gasteiger partial charge in [-0.05, 0) is 6.07 Å². The highest BCUT2D eigenvalue weighted by molar-refractivity contribution is 8.06. The van der Waals surface area contributed by atoms with Gasteiger partial charge in [0.1, 0.15) is 18.1 Å². The third-order valence-electron chi connectivity index (χ3n) is 2.96. The monoisotopic (exact) mass is 400 g/mol. The Labute approximate surface area is 140 Å². The van der Waals surface area contributed by atoms with Gasteiger partial charge in [-0.2, -0.15) is 4.98 Å². The predicted molar refractivity (Wildman–Crippen MR) is 76.4 cm³/mol. The highest BCUT2D eigenvalue weighted by Gasteiger charge is 2.36. The molecule has 0 aromatic carbocycles. The average molecular weight is 400 g/mol. The molecule has 0 spiro atoms. The molecule has 136 valence electrons. The van der Waals surface area contributed by atoms with Gasteiger partial charge < -0.3 is 39.1 Å². The fourth-order valence-electron chi connectivity index (χ4n) is 1.99. The molecule has 1 saturated heterocycles. The second-order valence-electron chi connectivity index (χ2n) is 4.75. The number of aliphatic hydroxyl groups is 1. The number of anilines is 1. The van der Waals surface area contributed by atoms with E-state index in [2.05, 4.69) is 25.6 Å². The Balaban J connectivity index is 2.00. The van der Waals surface area contributed by atoms with Crippen molar-refractivity contribution in [2.24, 2.45) is 0 Å². The molecule has 1 aliphatic rings. The largest absolute Gasteiger partial charge is 0.812 e. The van der Waals surface area contributed by atoms with Crippen molar-refractivity contribution in [3.05, 3.63) is 22.7 Å². The lowest BCUT2D eigenvalue weighted by Crippen LogP contribution is -2.29. The van der Waals surface area contributed by atoms with Crippen molar-refractivity contribution in [1.82, 2.24) is 9.55 Å². The van der Waals surface area contributed by atoms with Gasteiger partial charge in [-0.3, -0.25) is 9.13 Å². The van der Waals surface area contributed by atoms with Gasteiger partial charge in [0, 0.05) is 12.6 Å². The molecule has 1 unspecified atom stereocenters. The number of nitrogen functional groups attached to an aromatic ring is 1. The van der Waals surface area contributed by atoms with Crippen LogP contribution in [-0.2, 0) is 29.9 Å². The maximum absolute atomic E-state index is 11.7. The Morgan fingerprint density at radius 2 is 2.21 bits per heavy atom. The van der Waals surface area contributed by atoms with Gasteiger partial charge in [0.05, 0.1) is 12.7 Å². The topological polar surface area (TPSA) is 195 Å². The van der Waals surface area contributed by atoms with E-state index in [-0.39, 0.29) is 12.2 Å². The molecule has 1 fully saturated rings. The first-order chi connectivity index (χ1) is 11.0. The summed E-state index contributed by atoms with van der Waals surface area (Å²) in [6, 6.07) is 1.34. The van der Waals surface area contributed by atoms with E-state index in [1.807, 2.05) is 0 Å². The van der Waals surface area contributed by atoms with Crippen LogP contribution in [0.3, 0.4) is 0 Å². The molecule has 3 N–H and O–H groups in total. The zero-order valence-electron chi connectivity index (χ0n) is 11.8. The lowest BCUT2D eigenvalue weighted by atomic mass is 10.2. The lowest BCUT2D eigenvalue weighted by Gasteiger charge is -2.39. The number of aliphatic hydroxyl groups excluding tert-OH is 1. The van der Waals surface area contributed by atoms with Crippen LogP contribution in [-0.4, -0.2) is 33.5 Å². The molecule has 15 heteroatoms. The Morgan fingerprint density at radius 3 is 2.79 bits per heavy atom. The summed E-state index contributed by atoms with van der Waals surface area (Å²) >= 11 is 3.80. The molecule has 12 nitrogen and oxygen atoms in total. The van der Waals surface area contributed by atoms with Crippen molar-refractivity contribution in [3.63, 3.8) is 0 Å². The smallest absolute Gasteiger partial charge is 0.351 e. The van der Waals surface area contributed by atoms with Gasteiger partial charge in [0.2, 0.25) is 0 Å². The summed E-state index contributed by atoms with van der Waals surface area (Å²) in [5.74, 6) is 0.00470. The maximum Gasteiger partial charge on any atom is 0.351 e. The maximum atomic E-state index is 11.7. The summed E-state index contributed by atoms with van der Waals surface area (Å²) in [5.41, 5.74) is 4.64. The van der Waals surface area contributed by atoms with Crippen LogP contribution in [0.5, 0.6) is 0 Å². The lowest BCUT2D eigenvalue weighted by molar-refractivity contribution is -0.320. The molecular weight excluding hydrogens is 388 g/mol. The molecule has 4 atom stereocenters. The Hall–Kier alpha value is -0.720. The molecule has 1 aromatic heterocycles. The van der Waals surface area contributed by atoms with Gasteiger partial charge >= 0.3 is 5.69 Å². The van der Waals surface area contributed by atoms with E-state index in [1.165, 1.54) is 12.3 Å². The first kappa shape index (κ1) is 19.6. The molecule has 0 bridgehead atoms. The van der Waals surface area contributed by atoms with Gasteiger partial charge in [-0.1, -0.05) is 6.72 Å². The number of nitrogens with zero attached hydrogens (tertiary/aromatic N) is 2. The number of ether oxygens (including phenoxy) is 1. The van der Waals surface area contributed by atoms with E-state index in [0.717, 1.165) is 4.57 Å². The van der Waals surface area contributed by atoms with Gasteiger partial charge in [-0.15, -0.1) is 11.8 Å². The summed E-state index contributed by atoms with van der Waals surface area (Å²) in [6.07, 6.45) is -2.00. The molecule has 0 amide bonds. The number of aromatic nitrogens is 2. The molecule has 0 saturated carbocycles. The van der Waals surface area contributed by atoms with E-state index in [4.69, 9.17) is 10.5 Å². The Bertz CT molecular complexity index is 752. The SMILES string of the molecule is Nc1ccn([C@H]2C[C@H](O)[C@@H](COP(=O)([O-])OP([O-])([O-])=S)O2)c(=O)n1. The van der Waals surface area contributed by atoms with Crippen LogP contribution in [0.2, 0.25) is 0 Å². The van der Waals surface area contributed by atoms with Crippen LogP contribution in [0.25, 0.3) is 0 Å². The molecule has 0 radical (unpaired) electrons. The van der Waals surface area contributed by atoms with E-state index >= 15 is 0 Å². The summed E-state index contributed by atoms with van der Waals surface area (Å²) in [7, 11) is -5.22. The minimum absolute atomic E-state index is 0.00470. The molecule has 2 rings (SSSR count). The van der Waals surface area contributed by atoms with Crippen molar-refractivity contribution in [1.29, 1.82) is 0 Å². The van der Waals surface area contributed by atoms with E-state index in [9.17, 15) is 29.1 Å². The molecule has 2 heterocycles. The highest BCUT2D eigenvalue weighted by Crippen LogP contribution is 2.50. The van der Waals surface area contributed by atoms with Crippen molar-refractivity contribution in [2.75, 3.05) is 12.3 Å². The summed E-state index contributed by atoms with van der Waals surface area (Å²) in [6.45, 7) is -5.70. The number of hydrogen-bond donors (Lipinski definition) is 2. The fourth-order valence-corrected chi connectivity index (χ4v) is 4.22. The molecule has 1 aliphatic heterocycles. The highest BCUT2D eigenvalue weighted by atomic mass is 32.5. The standard InChI is InChI=1S/C9H15N3O9P2S/c10-7-1-2-12(9(14)11-7)8-3-5(13)6(20-8)4-19-22(15,16)21-23(17,18)24/h1-2,5-6,8,13H,3-4H2,(H,15,16)(H2,10,11,14)(H2,17,18,24)/p-3/t5-,6+,8+/m0/s1. The van der Waals surface area contributed by atoms with Gasteiger partial charge in [-0.25, -0.2) is 4.79 Å². The van der Waals surface area contributed by atoms with Crippen LogP contribution >= 0.6 is 14.5 Å². The third-order valence-corrected chi connectivity index (χ3v) is 5.63. The van der Waals surface area contributed by atoms with Crippen LogP contribution < -0.4 is 26.1 Å². The first-order valence-corrected chi connectivity index (χ1v) is 10.4. The minimum Gasteiger partial charge on any atom is -0.812 e. The zero-order chi connectivity index (χ0) is 18.1. The van der Waals surface area contributed by atoms with Crippen molar-refractivity contribution < 1.29 is 37.9 Å². The van der Waals surface area contributed by atoms with Crippen LogP contribution in [0, 0.1) is 0 Å². The normalized spacial score (nSPS) is 27.1. The molecule has 24 heavy (non-hydrogen) atoms. The fraction of sp³-hybridized carbons (Fsp3) is 0.556. The average Bonchev–Trinajstić information content (AvgIpc) is 2.75. The van der Waals surface area contributed by atoms with Crippen LogP contribution in [0.4, 0.5) is 5.82 Å². The second-order valence-corrected chi connectivity index (χ2v) is 8.79. The van der Waals surface area contributed by atoms with Crippen LogP contribution in [0.1, 0.15) is 12.6 Å². The number of rotatable bonds is 6. The second kappa shape index (κ2) is 7.26. The number of hydrogen-bond acceptors (Lipinski definition) is 12. The Kier molecular flexibility index (Phi) is 5.93. The van der Waals surface area contributed by atoms with Gasteiger partial charge in [0.25, 0.3) is 7.82 Å². The molecular formula is C9H12N3O9P2S-3. The molecule has 1 aromatic rings. The quantitative estimate of drug-likeness (QED) is 0.458.